The summed E-state index contributed by atoms with van der Waals surface area (Å²) in [4.78, 5) is 22.7. The van der Waals surface area contributed by atoms with Gasteiger partial charge in [0.15, 0.2) is 5.65 Å². The molecule has 4 aromatic heterocycles. The predicted octanol–water partition coefficient (Wildman–Crippen LogP) is 3.65. The summed E-state index contributed by atoms with van der Waals surface area (Å²) in [5.41, 5.74) is 3.44. The largest absolute Gasteiger partial charge is 0.321 e. The second kappa shape index (κ2) is 6.10. The highest BCUT2D eigenvalue weighted by atomic mass is 32.1. The maximum atomic E-state index is 12.9. The standard InChI is InChI=1S/C18H15N5OS/c1-11-16-13(18(24)20-12-5-3-7-19-10-12)9-14(15-6-4-8-25-15)21-17(16)23(2)22-11/h3-10H,1-2H3,(H,20,24). The summed E-state index contributed by atoms with van der Waals surface area (Å²) in [5, 5.41) is 10.1. The van der Waals surface area contributed by atoms with Crippen molar-refractivity contribution in [3.8, 4) is 10.6 Å². The highest BCUT2D eigenvalue weighted by Crippen LogP contribution is 2.29. The van der Waals surface area contributed by atoms with Crippen LogP contribution in [0.25, 0.3) is 21.6 Å². The van der Waals surface area contributed by atoms with Crippen molar-refractivity contribution in [3.63, 3.8) is 0 Å². The minimum atomic E-state index is -0.200. The minimum Gasteiger partial charge on any atom is -0.321 e. The molecular formula is C18H15N5OS. The molecule has 0 saturated heterocycles. The van der Waals surface area contributed by atoms with E-state index in [4.69, 9.17) is 4.98 Å². The number of fused-ring (bicyclic) bond motifs is 1. The van der Waals surface area contributed by atoms with Gasteiger partial charge in [0.1, 0.15) is 0 Å². The van der Waals surface area contributed by atoms with Gasteiger partial charge in [0.25, 0.3) is 5.91 Å². The van der Waals surface area contributed by atoms with Gasteiger partial charge in [-0.3, -0.25) is 14.5 Å². The fourth-order valence-electron chi connectivity index (χ4n) is 2.81. The van der Waals surface area contributed by atoms with Gasteiger partial charge in [0.05, 0.1) is 39.1 Å². The first-order valence-corrected chi connectivity index (χ1v) is 8.61. The van der Waals surface area contributed by atoms with Crippen molar-refractivity contribution in [1.29, 1.82) is 0 Å². The maximum absolute atomic E-state index is 12.9. The molecule has 4 aromatic rings. The summed E-state index contributed by atoms with van der Waals surface area (Å²) >= 11 is 1.59. The Balaban J connectivity index is 1.87. The number of anilines is 1. The van der Waals surface area contributed by atoms with E-state index in [1.165, 1.54) is 0 Å². The minimum absolute atomic E-state index is 0.200. The van der Waals surface area contributed by atoms with Gasteiger partial charge in [0, 0.05) is 13.2 Å². The third-order valence-electron chi connectivity index (χ3n) is 3.91. The molecule has 0 aliphatic rings. The van der Waals surface area contributed by atoms with E-state index >= 15 is 0 Å². The van der Waals surface area contributed by atoms with Gasteiger partial charge in [0.2, 0.25) is 0 Å². The van der Waals surface area contributed by atoms with Crippen LogP contribution in [0.3, 0.4) is 0 Å². The monoisotopic (exact) mass is 349 g/mol. The first-order valence-electron chi connectivity index (χ1n) is 7.73. The number of hydrogen-bond acceptors (Lipinski definition) is 5. The molecule has 4 rings (SSSR count). The van der Waals surface area contributed by atoms with Crippen LogP contribution in [0.1, 0.15) is 16.1 Å². The number of thiophene rings is 1. The average Bonchev–Trinajstić information content (AvgIpc) is 3.24. The molecule has 0 unspecified atom stereocenters. The number of hydrogen-bond donors (Lipinski definition) is 1. The molecular weight excluding hydrogens is 334 g/mol. The number of amides is 1. The zero-order valence-electron chi connectivity index (χ0n) is 13.7. The van der Waals surface area contributed by atoms with Crippen molar-refractivity contribution in [1.82, 2.24) is 19.7 Å². The normalized spacial score (nSPS) is 11.0. The van der Waals surface area contributed by atoms with Crippen LogP contribution in [0.2, 0.25) is 0 Å². The summed E-state index contributed by atoms with van der Waals surface area (Å²) in [6, 6.07) is 9.37. The molecule has 0 aliphatic heterocycles. The molecule has 0 fully saturated rings. The Labute approximate surface area is 148 Å². The van der Waals surface area contributed by atoms with E-state index in [1.54, 1.807) is 40.5 Å². The molecule has 1 N–H and O–H groups in total. The molecule has 1 amide bonds. The number of nitrogens with zero attached hydrogens (tertiary/aromatic N) is 4. The van der Waals surface area contributed by atoms with Gasteiger partial charge in [-0.05, 0) is 36.6 Å². The fourth-order valence-corrected chi connectivity index (χ4v) is 3.50. The van der Waals surface area contributed by atoms with E-state index in [1.807, 2.05) is 37.6 Å². The van der Waals surface area contributed by atoms with Crippen LogP contribution in [-0.2, 0) is 7.05 Å². The fraction of sp³-hybridized carbons (Fsp3) is 0.111. The Hall–Kier alpha value is -3.06. The zero-order valence-corrected chi connectivity index (χ0v) is 14.5. The number of pyridine rings is 2. The Bertz CT molecular complexity index is 1050. The second-order valence-electron chi connectivity index (χ2n) is 5.64. The molecule has 0 saturated carbocycles. The molecule has 25 heavy (non-hydrogen) atoms. The third kappa shape index (κ3) is 2.78. The smallest absolute Gasteiger partial charge is 0.256 e. The average molecular weight is 349 g/mol. The van der Waals surface area contributed by atoms with Crippen molar-refractivity contribution < 1.29 is 4.79 Å². The number of carbonyl (C=O) groups excluding carboxylic acids is 1. The van der Waals surface area contributed by atoms with Crippen molar-refractivity contribution in [2.24, 2.45) is 7.05 Å². The molecule has 0 spiro atoms. The van der Waals surface area contributed by atoms with E-state index in [2.05, 4.69) is 15.4 Å². The molecule has 0 aliphatic carbocycles. The number of aromatic nitrogens is 4. The lowest BCUT2D eigenvalue weighted by Crippen LogP contribution is -2.13. The first kappa shape index (κ1) is 15.5. The SMILES string of the molecule is Cc1nn(C)c2nc(-c3cccs3)cc(C(=O)Nc3cccnc3)c12. The number of rotatable bonds is 3. The lowest BCUT2D eigenvalue weighted by atomic mass is 10.1. The summed E-state index contributed by atoms with van der Waals surface area (Å²) in [6.07, 6.45) is 3.28. The van der Waals surface area contributed by atoms with Crippen molar-refractivity contribution in [3.05, 3.63) is 59.4 Å². The second-order valence-corrected chi connectivity index (χ2v) is 6.58. The Morgan fingerprint density at radius 2 is 2.16 bits per heavy atom. The van der Waals surface area contributed by atoms with Crippen LogP contribution in [-0.4, -0.2) is 25.7 Å². The van der Waals surface area contributed by atoms with Crippen LogP contribution < -0.4 is 5.32 Å². The quantitative estimate of drug-likeness (QED) is 0.613. The summed E-state index contributed by atoms with van der Waals surface area (Å²) in [6.45, 7) is 1.88. The number of nitrogens with one attached hydrogen (secondary N) is 1. The van der Waals surface area contributed by atoms with E-state index in [-0.39, 0.29) is 5.91 Å². The molecule has 6 nitrogen and oxygen atoms in total. The molecule has 0 radical (unpaired) electrons. The molecule has 0 atom stereocenters. The predicted molar refractivity (Wildman–Crippen MR) is 98.7 cm³/mol. The zero-order chi connectivity index (χ0) is 17.4. The molecule has 0 aromatic carbocycles. The summed E-state index contributed by atoms with van der Waals surface area (Å²) in [5.74, 6) is -0.200. The first-order chi connectivity index (χ1) is 12.1. The topological polar surface area (TPSA) is 72.7 Å². The highest BCUT2D eigenvalue weighted by Gasteiger charge is 2.19. The van der Waals surface area contributed by atoms with Gasteiger partial charge in [-0.1, -0.05) is 6.07 Å². The van der Waals surface area contributed by atoms with Crippen LogP contribution in [0, 0.1) is 6.92 Å². The summed E-state index contributed by atoms with van der Waals surface area (Å²) < 4.78 is 1.71. The van der Waals surface area contributed by atoms with Crippen LogP contribution in [0.5, 0.6) is 0 Å². The van der Waals surface area contributed by atoms with E-state index < -0.39 is 0 Å². The summed E-state index contributed by atoms with van der Waals surface area (Å²) in [7, 11) is 1.84. The molecule has 0 bridgehead atoms. The number of aryl methyl sites for hydroxylation is 2. The Morgan fingerprint density at radius 3 is 2.88 bits per heavy atom. The Kier molecular flexibility index (Phi) is 3.77. The molecule has 124 valence electrons. The third-order valence-corrected chi connectivity index (χ3v) is 4.80. The van der Waals surface area contributed by atoms with Crippen molar-refractivity contribution in [2.75, 3.05) is 5.32 Å². The van der Waals surface area contributed by atoms with Crippen LogP contribution >= 0.6 is 11.3 Å². The van der Waals surface area contributed by atoms with Gasteiger partial charge in [-0.15, -0.1) is 11.3 Å². The van der Waals surface area contributed by atoms with Crippen molar-refractivity contribution in [2.45, 2.75) is 6.92 Å². The lowest BCUT2D eigenvalue weighted by molar-refractivity contribution is 0.102. The van der Waals surface area contributed by atoms with E-state index in [0.717, 1.165) is 21.7 Å². The lowest BCUT2D eigenvalue weighted by Gasteiger charge is -2.08. The molecule has 4 heterocycles. The molecule has 7 heteroatoms. The van der Waals surface area contributed by atoms with E-state index in [0.29, 0.717) is 16.9 Å². The van der Waals surface area contributed by atoms with Crippen LogP contribution in [0.15, 0.2) is 48.1 Å². The van der Waals surface area contributed by atoms with Gasteiger partial charge < -0.3 is 5.32 Å². The van der Waals surface area contributed by atoms with Crippen LogP contribution in [0.4, 0.5) is 5.69 Å². The van der Waals surface area contributed by atoms with E-state index in [9.17, 15) is 4.79 Å². The van der Waals surface area contributed by atoms with Gasteiger partial charge in [-0.25, -0.2) is 4.98 Å². The van der Waals surface area contributed by atoms with Gasteiger partial charge >= 0.3 is 0 Å². The van der Waals surface area contributed by atoms with Gasteiger partial charge in [-0.2, -0.15) is 5.10 Å². The highest BCUT2D eigenvalue weighted by molar-refractivity contribution is 7.13. The maximum Gasteiger partial charge on any atom is 0.256 e. The van der Waals surface area contributed by atoms with Crippen molar-refractivity contribution >= 4 is 34.0 Å². The number of carbonyl (C=O) groups is 1. The Morgan fingerprint density at radius 1 is 1.28 bits per heavy atom.